The summed E-state index contributed by atoms with van der Waals surface area (Å²) in [5, 5.41) is 16.0. The Labute approximate surface area is 172 Å². The third-order valence-electron chi connectivity index (χ3n) is 4.65. The van der Waals surface area contributed by atoms with Gasteiger partial charge >= 0.3 is 0 Å². The van der Waals surface area contributed by atoms with Crippen molar-refractivity contribution in [2.45, 2.75) is 38.8 Å². The molecule has 0 aliphatic heterocycles. The lowest BCUT2D eigenvalue weighted by Crippen LogP contribution is -2.46. The van der Waals surface area contributed by atoms with E-state index in [0.29, 0.717) is 6.54 Å². The van der Waals surface area contributed by atoms with E-state index in [1.807, 2.05) is 24.3 Å². The van der Waals surface area contributed by atoms with Crippen molar-refractivity contribution < 1.29 is 9.84 Å². The molecule has 1 heterocycles. The second kappa shape index (κ2) is 9.37. The predicted octanol–water partition coefficient (Wildman–Crippen LogP) is 5.07. The normalized spacial score (nSPS) is 12.7. The lowest BCUT2D eigenvalue weighted by molar-refractivity contribution is 0.0991. The molecule has 0 aliphatic carbocycles. The topological polar surface area (TPSA) is 41.5 Å². The molecule has 28 heavy (non-hydrogen) atoms. The summed E-state index contributed by atoms with van der Waals surface area (Å²) in [5.41, 5.74) is 3.53. The molecular formula is C24H29NO2S. The lowest BCUT2D eigenvalue weighted by Gasteiger charge is -2.28. The number of β-amino-alcohol motifs (C(OH)–C–C–N with tert-alkyl or cyclic N) is 1. The molecule has 1 aromatic heterocycles. The maximum Gasteiger partial charge on any atom is 0.128 e. The Balaban J connectivity index is 1.52. The zero-order chi connectivity index (χ0) is 20.0. The summed E-state index contributed by atoms with van der Waals surface area (Å²) in [4.78, 5) is 1.17. The summed E-state index contributed by atoms with van der Waals surface area (Å²) >= 11 is 1.69. The van der Waals surface area contributed by atoms with Gasteiger partial charge in [-0.05, 0) is 56.3 Å². The van der Waals surface area contributed by atoms with E-state index < -0.39 is 6.10 Å². The van der Waals surface area contributed by atoms with E-state index in [4.69, 9.17) is 4.74 Å². The van der Waals surface area contributed by atoms with Gasteiger partial charge in [0, 0.05) is 22.5 Å². The fraction of sp³-hybridized carbons (Fsp3) is 0.333. The van der Waals surface area contributed by atoms with Gasteiger partial charge in [-0.15, -0.1) is 11.3 Å². The number of hydrogen-bond acceptors (Lipinski definition) is 4. The third kappa shape index (κ3) is 5.93. The summed E-state index contributed by atoms with van der Waals surface area (Å²) in [7, 11) is 0. The number of ether oxygens (including phenoxy) is 1. The number of hydrogen-bond donors (Lipinski definition) is 2. The summed E-state index contributed by atoms with van der Waals surface area (Å²) in [6.07, 6.45) is 0.330. The second-order valence-electron chi connectivity index (χ2n) is 7.87. The first-order valence-corrected chi connectivity index (χ1v) is 10.6. The molecule has 2 aromatic carbocycles. The number of para-hydroxylation sites is 1. The molecule has 0 spiro atoms. The molecular weight excluding hydrogens is 366 g/mol. The lowest BCUT2D eigenvalue weighted by atomic mass is 9.94. The summed E-state index contributed by atoms with van der Waals surface area (Å²) in [5.74, 6) is 0.808. The highest BCUT2D eigenvalue weighted by molar-refractivity contribution is 7.13. The first kappa shape index (κ1) is 20.6. The van der Waals surface area contributed by atoms with Crippen LogP contribution in [0.2, 0.25) is 0 Å². The molecule has 148 valence electrons. The van der Waals surface area contributed by atoms with Crippen LogP contribution < -0.4 is 10.1 Å². The first-order valence-electron chi connectivity index (χ1n) is 9.67. The van der Waals surface area contributed by atoms with Gasteiger partial charge in [0.05, 0.1) is 0 Å². The monoisotopic (exact) mass is 395 g/mol. The van der Waals surface area contributed by atoms with E-state index in [1.54, 1.807) is 11.3 Å². The van der Waals surface area contributed by atoms with E-state index in [0.717, 1.165) is 17.7 Å². The van der Waals surface area contributed by atoms with Gasteiger partial charge in [-0.1, -0.05) is 48.0 Å². The fourth-order valence-electron chi connectivity index (χ4n) is 3.26. The molecule has 2 N–H and O–H groups in total. The Kier molecular flexibility index (Phi) is 6.89. The number of aryl methyl sites for hydroxylation is 1. The van der Waals surface area contributed by atoms with Gasteiger partial charge in [-0.2, -0.15) is 0 Å². The van der Waals surface area contributed by atoms with Crippen LogP contribution in [0.4, 0.5) is 0 Å². The molecule has 0 saturated carbocycles. The van der Waals surface area contributed by atoms with Gasteiger partial charge in [0.1, 0.15) is 18.5 Å². The average molecular weight is 396 g/mol. The Hall–Kier alpha value is -2.14. The van der Waals surface area contributed by atoms with E-state index in [9.17, 15) is 5.11 Å². The molecule has 0 aliphatic rings. The quantitative estimate of drug-likeness (QED) is 0.531. The summed E-state index contributed by atoms with van der Waals surface area (Å²) < 4.78 is 5.94. The van der Waals surface area contributed by atoms with Crippen LogP contribution in [0.15, 0.2) is 66.0 Å². The number of rotatable bonds is 9. The molecule has 4 heteroatoms. The van der Waals surface area contributed by atoms with Crippen LogP contribution in [0.3, 0.4) is 0 Å². The maximum absolute atomic E-state index is 10.4. The molecule has 0 fully saturated rings. The van der Waals surface area contributed by atoms with Crippen molar-refractivity contribution >= 4 is 11.3 Å². The highest BCUT2D eigenvalue weighted by atomic mass is 32.1. The zero-order valence-corrected chi connectivity index (χ0v) is 17.6. The van der Waals surface area contributed by atoms with Crippen molar-refractivity contribution in [2.75, 3.05) is 13.2 Å². The second-order valence-corrected chi connectivity index (χ2v) is 8.82. The largest absolute Gasteiger partial charge is 0.490 e. The smallest absolute Gasteiger partial charge is 0.128 e. The molecule has 3 rings (SSSR count). The minimum atomic E-state index is -0.576. The number of aliphatic hydroxyl groups excluding tert-OH is 1. The van der Waals surface area contributed by atoms with E-state index in [-0.39, 0.29) is 12.1 Å². The van der Waals surface area contributed by atoms with Gasteiger partial charge in [-0.25, -0.2) is 0 Å². The number of thiophene rings is 1. The van der Waals surface area contributed by atoms with Crippen LogP contribution in [0.5, 0.6) is 5.75 Å². The highest BCUT2D eigenvalue weighted by Gasteiger charge is 2.20. The predicted molar refractivity (Wildman–Crippen MR) is 118 cm³/mol. The van der Waals surface area contributed by atoms with Crippen LogP contribution >= 0.6 is 11.3 Å². The van der Waals surface area contributed by atoms with E-state index in [2.05, 4.69) is 67.9 Å². The average Bonchev–Trinajstić information content (AvgIpc) is 3.19. The highest BCUT2D eigenvalue weighted by Crippen LogP contribution is 2.32. The van der Waals surface area contributed by atoms with Crippen molar-refractivity contribution in [3.63, 3.8) is 0 Å². The number of aliphatic hydroxyl groups is 1. The van der Waals surface area contributed by atoms with Crippen LogP contribution in [0.25, 0.3) is 10.4 Å². The van der Waals surface area contributed by atoms with Crippen LogP contribution in [-0.4, -0.2) is 29.9 Å². The minimum Gasteiger partial charge on any atom is -0.490 e. The Morgan fingerprint density at radius 3 is 2.64 bits per heavy atom. The Morgan fingerprint density at radius 2 is 1.89 bits per heavy atom. The molecule has 0 amide bonds. The molecule has 3 aromatic rings. The molecule has 1 atom stereocenters. The maximum atomic E-state index is 10.4. The van der Waals surface area contributed by atoms with Gasteiger partial charge in [-0.3, -0.25) is 0 Å². The van der Waals surface area contributed by atoms with E-state index >= 15 is 0 Å². The van der Waals surface area contributed by atoms with Crippen LogP contribution in [-0.2, 0) is 6.42 Å². The van der Waals surface area contributed by atoms with Gasteiger partial charge < -0.3 is 15.2 Å². The van der Waals surface area contributed by atoms with Crippen molar-refractivity contribution in [2.24, 2.45) is 0 Å². The Morgan fingerprint density at radius 1 is 1.07 bits per heavy atom. The van der Waals surface area contributed by atoms with Gasteiger partial charge in [0.2, 0.25) is 0 Å². The Bertz CT molecular complexity index is 874. The molecule has 3 nitrogen and oxygen atoms in total. The SMILES string of the molecule is Cc1cccc(CC(C)(C)NCC(O)COc2ccccc2-c2cccs2)c1. The van der Waals surface area contributed by atoms with Crippen molar-refractivity contribution in [1.82, 2.24) is 5.32 Å². The van der Waals surface area contributed by atoms with Crippen LogP contribution in [0.1, 0.15) is 25.0 Å². The molecule has 0 saturated heterocycles. The van der Waals surface area contributed by atoms with Crippen LogP contribution in [0, 0.1) is 6.92 Å². The summed E-state index contributed by atoms with van der Waals surface area (Å²) in [6.45, 7) is 7.18. The molecule has 0 bridgehead atoms. The van der Waals surface area contributed by atoms with Gasteiger partial charge in [0.25, 0.3) is 0 Å². The van der Waals surface area contributed by atoms with Crippen molar-refractivity contribution in [3.8, 4) is 16.2 Å². The first-order chi connectivity index (χ1) is 13.4. The van der Waals surface area contributed by atoms with Crippen molar-refractivity contribution in [1.29, 1.82) is 0 Å². The standard InChI is InChI=1S/C24H29NO2S/c1-18-8-6-9-19(14-18)15-24(2,3)25-16-20(26)17-27-22-11-5-4-10-21(22)23-12-7-13-28-23/h4-14,20,25-26H,15-17H2,1-3H3. The van der Waals surface area contributed by atoms with Crippen molar-refractivity contribution in [3.05, 3.63) is 77.2 Å². The zero-order valence-electron chi connectivity index (χ0n) is 16.8. The number of nitrogens with one attached hydrogen (secondary N) is 1. The number of benzene rings is 2. The van der Waals surface area contributed by atoms with Gasteiger partial charge in [0.15, 0.2) is 0 Å². The van der Waals surface area contributed by atoms with E-state index in [1.165, 1.54) is 16.0 Å². The summed E-state index contributed by atoms with van der Waals surface area (Å²) in [6, 6.07) is 20.7. The fourth-order valence-corrected chi connectivity index (χ4v) is 4.02. The third-order valence-corrected chi connectivity index (χ3v) is 5.55. The molecule has 0 radical (unpaired) electrons. The minimum absolute atomic E-state index is 0.107. The molecule has 1 unspecified atom stereocenters.